The maximum atomic E-state index is 15.6. The maximum absolute atomic E-state index is 15.6. The third-order valence-electron chi connectivity index (χ3n) is 14.1. The average molecular weight is 1110 g/mol. The van der Waals surface area contributed by atoms with E-state index in [-0.39, 0.29) is 94.7 Å². The van der Waals surface area contributed by atoms with Crippen LogP contribution in [0.3, 0.4) is 0 Å². The van der Waals surface area contributed by atoms with Crippen LogP contribution in [-0.2, 0) is 39.9 Å². The quantitative estimate of drug-likeness (QED) is 0.0468. The normalized spacial score (nSPS) is 17.2. The molecule has 24 heteroatoms. The van der Waals surface area contributed by atoms with Crippen molar-refractivity contribution in [1.29, 1.82) is 0 Å². The van der Waals surface area contributed by atoms with E-state index in [0.29, 0.717) is 50.1 Å². The monoisotopic (exact) mass is 1110 g/mol. The molecule has 1 saturated carbocycles. The summed E-state index contributed by atoms with van der Waals surface area (Å²) in [5, 5.41) is 29.1. The number of carbonyl (C=O) groups is 5. The molecule has 420 valence electrons. The van der Waals surface area contributed by atoms with E-state index in [2.05, 4.69) is 41.4 Å². The molecule has 0 radical (unpaired) electrons. The molecule has 0 unspecified atom stereocenters. The number of rotatable bonds is 24. The van der Waals surface area contributed by atoms with Crippen LogP contribution in [-0.4, -0.2) is 183 Å². The van der Waals surface area contributed by atoms with E-state index >= 15 is 4.39 Å². The molecule has 3 aliphatic rings. The van der Waals surface area contributed by atoms with E-state index < -0.39 is 41.2 Å². The minimum absolute atomic E-state index is 0.0370. The minimum atomic E-state index is -0.993. The Morgan fingerprint density at radius 3 is 2.33 bits per heavy atom. The number of aliphatic hydroxyl groups excluding tert-OH is 1. The number of piperazine rings is 1. The Bertz CT molecular complexity index is 3080. The van der Waals surface area contributed by atoms with Crippen LogP contribution in [0.15, 0.2) is 72.8 Å². The number of H-pyrrole nitrogens is 1. The van der Waals surface area contributed by atoms with Crippen molar-refractivity contribution < 1.29 is 47.7 Å². The summed E-state index contributed by atoms with van der Waals surface area (Å²) in [6.45, 7) is 10.5. The van der Waals surface area contributed by atoms with Gasteiger partial charge in [0.15, 0.2) is 11.5 Å². The standard InChI is InChI=1S/C55H68FN13O9S/c1-34-48(79-33-60-34)37-7-5-35(6-8-37)25-59-52(73)44-24-40(70)29-69(44)54(75)49(55(2,3)4)65-47(72)32-78-22-21-77-20-19-76-18-13-57-46(71)31-66-14-16-67(17-15-66)53(74)38-11-12-42(41(56)23-38)63-50-51-58-28-45(39-26-61-62-27-39)68(51)30-43(64-50)36-9-10-36/h5-8,11-12,23,26-28,30,33,36,40,44,49,70H,9-10,13-22,24-25,29,31-32H2,1-4H3,(H,57,71)(H,59,73)(H,61,62)(H,63,64)(H,65,72)/t40-,44+,49+/m0/s1. The van der Waals surface area contributed by atoms with Crippen LogP contribution in [0.2, 0.25) is 0 Å². The number of β-amino-alcohol motifs (C(OH)–C–C–N with tert-alkyl or cyclic N) is 1. The van der Waals surface area contributed by atoms with Gasteiger partial charge in [-0.1, -0.05) is 45.0 Å². The first-order valence-corrected chi connectivity index (χ1v) is 27.5. The van der Waals surface area contributed by atoms with Crippen LogP contribution in [0.25, 0.3) is 27.3 Å². The van der Waals surface area contributed by atoms with Gasteiger partial charge in [-0.05, 0) is 54.5 Å². The summed E-state index contributed by atoms with van der Waals surface area (Å²) >= 11 is 1.56. The molecule has 6 N–H and O–H groups in total. The molecule has 6 heterocycles. The average Bonchev–Trinajstić information content (AvgIpc) is 4.03. The summed E-state index contributed by atoms with van der Waals surface area (Å²) in [7, 11) is 0. The number of thiazole rings is 1. The number of amides is 5. The number of hydrogen-bond acceptors (Lipinski definition) is 16. The number of imidazole rings is 1. The van der Waals surface area contributed by atoms with E-state index in [1.807, 2.05) is 67.5 Å². The topological polar surface area (TPSA) is 263 Å². The number of aryl methyl sites for hydroxylation is 1. The van der Waals surface area contributed by atoms with Gasteiger partial charge in [-0.3, -0.25) is 38.4 Å². The van der Waals surface area contributed by atoms with Crippen molar-refractivity contribution in [2.45, 2.75) is 77.6 Å². The summed E-state index contributed by atoms with van der Waals surface area (Å²) in [4.78, 5) is 86.3. The minimum Gasteiger partial charge on any atom is -0.391 e. The SMILES string of the molecule is Cc1ncsc1-c1ccc(CNC(=O)[C@H]2C[C@H](O)CN2C(=O)[C@@H](NC(=O)COCCOCCOCCNC(=O)CN2CCN(C(=O)c3ccc(Nc4nc(C5CC5)cn5c(-c6cn[nH]c6)cnc45)c(F)c3)CC2)C(C)(C)C)cc1. The Labute approximate surface area is 460 Å². The molecular formula is C55H68FN13O9S. The van der Waals surface area contributed by atoms with Gasteiger partial charge in [-0.25, -0.2) is 19.3 Å². The van der Waals surface area contributed by atoms with Gasteiger partial charge in [0, 0.05) is 81.7 Å². The number of fused-ring (bicyclic) bond motifs is 1. The highest BCUT2D eigenvalue weighted by atomic mass is 32.1. The third-order valence-corrected chi connectivity index (χ3v) is 15.0. The predicted octanol–water partition coefficient (Wildman–Crippen LogP) is 4.04. The number of likely N-dealkylation sites (tertiary alicyclic amines) is 1. The van der Waals surface area contributed by atoms with Gasteiger partial charge in [-0.2, -0.15) is 5.10 Å². The van der Waals surface area contributed by atoms with Crippen LogP contribution < -0.4 is 21.3 Å². The second-order valence-corrected chi connectivity index (χ2v) is 21.9. The van der Waals surface area contributed by atoms with Crippen LogP contribution in [0, 0.1) is 18.2 Å². The molecule has 0 bridgehead atoms. The molecule has 1 aliphatic carbocycles. The number of aromatic nitrogens is 6. The number of nitrogens with zero attached hydrogens (tertiary/aromatic N) is 8. The lowest BCUT2D eigenvalue weighted by molar-refractivity contribution is -0.144. The Balaban J connectivity index is 0.616. The van der Waals surface area contributed by atoms with Crippen LogP contribution in [0.1, 0.15) is 73.3 Å². The van der Waals surface area contributed by atoms with Crippen molar-refractivity contribution in [3.63, 3.8) is 0 Å². The van der Waals surface area contributed by atoms with Gasteiger partial charge in [-0.15, -0.1) is 11.3 Å². The van der Waals surface area contributed by atoms with Crippen molar-refractivity contribution in [3.05, 3.63) is 101 Å². The molecule has 0 spiro atoms. The lowest BCUT2D eigenvalue weighted by atomic mass is 9.85. The Kier molecular flexibility index (Phi) is 18.4. The van der Waals surface area contributed by atoms with Gasteiger partial charge >= 0.3 is 0 Å². The number of carbonyl (C=O) groups excluding carboxylic acids is 5. The summed E-state index contributed by atoms with van der Waals surface area (Å²) in [6, 6.07) is 10.3. The number of nitrogens with one attached hydrogen (secondary N) is 5. The Hall–Kier alpha value is -7.22. The molecule has 3 fully saturated rings. The summed E-state index contributed by atoms with van der Waals surface area (Å²) in [5.74, 6) is -1.69. The van der Waals surface area contributed by atoms with Crippen LogP contribution in [0.5, 0.6) is 0 Å². The van der Waals surface area contributed by atoms with Crippen molar-refractivity contribution in [1.82, 2.24) is 60.2 Å². The van der Waals surface area contributed by atoms with Gasteiger partial charge in [0.05, 0.1) is 91.2 Å². The fraction of sp³-hybridized carbons (Fsp3) is 0.473. The molecule has 9 rings (SSSR count). The number of ether oxygens (including phenoxy) is 3. The molecular weight excluding hydrogens is 1040 g/mol. The molecule has 5 amide bonds. The number of aliphatic hydroxyl groups is 1. The van der Waals surface area contributed by atoms with Crippen LogP contribution >= 0.6 is 11.3 Å². The first kappa shape index (κ1) is 56.5. The highest BCUT2D eigenvalue weighted by Crippen LogP contribution is 2.41. The molecule has 2 aromatic carbocycles. The van der Waals surface area contributed by atoms with E-state index in [9.17, 15) is 29.1 Å². The van der Waals surface area contributed by atoms with Gasteiger partial charge in [0.1, 0.15) is 24.5 Å². The van der Waals surface area contributed by atoms with Crippen molar-refractivity contribution in [3.8, 4) is 21.7 Å². The van der Waals surface area contributed by atoms with E-state index in [1.165, 1.54) is 17.0 Å². The Morgan fingerprint density at radius 2 is 1.65 bits per heavy atom. The second kappa shape index (κ2) is 25.7. The molecule has 79 heavy (non-hydrogen) atoms. The number of hydrogen-bond donors (Lipinski definition) is 6. The first-order chi connectivity index (χ1) is 38.1. The Morgan fingerprint density at radius 1 is 0.899 bits per heavy atom. The molecule has 2 saturated heterocycles. The number of anilines is 2. The van der Waals surface area contributed by atoms with E-state index in [0.717, 1.165) is 51.5 Å². The van der Waals surface area contributed by atoms with Crippen molar-refractivity contribution in [2.75, 3.05) is 90.8 Å². The highest BCUT2D eigenvalue weighted by molar-refractivity contribution is 7.13. The lowest BCUT2D eigenvalue weighted by Gasteiger charge is -2.35. The summed E-state index contributed by atoms with van der Waals surface area (Å²) < 4.78 is 34.2. The summed E-state index contributed by atoms with van der Waals surface area (Å²) in [6.07, 6.45) is 8.45. The van der Waals surface area contributed by atoms with Crippen molar-refractivity contribution >= 4 is 58.0 Å². The second-order valence-electron chi connectivity index (χ2n) is 21.1. The summed E-state index contributed by atoms with van der Waals surface area (Å²) in [5.41, 5.74) is 7.46. The van der Waals surface area contributed by atoms with E-state index in [1.54, 1.807) is 46.4 Å². The third kappa shape index (κ3) is 14.5. The van der Waals surface area contributed by atoms with E-state index in [4.69, 9.17) is 19.2 Å². The van der Waals surface area contributed by atoms with Gasteiger partial charge < -0.3 is 50.4 Å². The largest absolute Gasteiger partial charge is 0.391 e. The first-order valence-electron chi connectivity index (χ1n) is 26.6. The molecule has 4 aromatic heterocycles. The van der Waals surface area contributed by atoms with Gasteiger partial charge in [0.25, 0.3) is 5.91 Å². The number of benzene rings is 2. The zero-order valence-electron chi connectivity index (χ0n) is 44.8. The maximum Gasteiger partial charge on any atom is 0.254 e. The zero-order chi connectivity index (χ0) is 55.6. The molecule has 22 nitrogen and oxygen atoms in total. The lowest BCUT2D eigenvalue weighted by Crippen LogP contribution is -2.58. The van der Waals surface area contributed by atoms with Crippen LogP contribution in [0.4, 0.5) is 15.9 Å². The smallest absolute Gasteiger partial charge is 0.254 e. The fourth-order valence-corrected chi connectivity index (χ4v) is 10.4. The highest BCUT2D eigenvalue weighted by Gasteiger charge is 2.44. The molecule has 6 aromatic rings. The zero-order valence-corrected chi connectivity index (χ0v) is 45.7. The predicted molar refractivity (Wildman–Crippen MR) is 292 cm³/mol. The fourth-order valence-electron chi connectivity index (χ4n) is 9.55. The number of aromatic amines is 1. The van der Waals surface area contributed by atoms with Crippen molar-refractivity contribution in [2.24, 2.45) is 5.41 Å². The number of halogens is 1. The molecule has 3 atom stereocenters. The molecule has 2 aliphatic heterocycles. The van der Waals surface area contributed by atoms with Gasteiger partial charge in [0.2, 0.25) is 23.6 Å².